The summed E-state index contributed by atoms with van der Waals surface area (Å²) in [5.74, 6) is -0.149. The second-order valence-electron chi connectivity index (χ2n) is 4.84. The van der Waals surface area contributed by atoms with Crippen LogP contribution in [0.15, 0.2) is 42.5 Å². The van der Waals surface area contributed by atoms with Gasteiger partial charge in [-0.25, -0.2) is 4.39 Å². The topological polar surface area (TPSA) is 12.0 Å². The quantitative estimate of drug-likeness (QED) is 0.787. The Balaban J connectivity index is 2.19. The summed E-state index contributed by atoms with van der Waals surface area (Å²) in [5.41, 5.74) is 4.15. The molecule has 0 aromatic heterocycles. The van der Waals surface area contributed by atoms with Crippen molar-refractivity contribution in [1.82, 2.24) is 5.32 Å². The number of rotatable bonds is 5. The van der Waals surface area contributed by atoms with Crippen LogP contribution < -0.4 is 5.32 Å². The van der Waals surface area contributed by atoms with Gasteiger partial charge >= 0.3 is 0 Å². The van der Waals surface area contributed by atoms with Crippen molar-refractivity contribution in [3.63, 3.8) is 0 Å². The van der Waals surface area contributed by atoms with E-state index >= 15 is 0 Å². The van der Waals surface area contributed by atoms with Crippen molar-refractivity contribution in [2.45, 2.75) is 26.8 Å². The van der Waals surface area contributed by atoms with Crippen LogP contribution in [0.2, 0.25) is 0 Å². The van der Waals surface area contributed by atoms with E-state index in [0.29, 0.717) is 5.56 Å². The van der Waals surface area contributed by atoms with E-state index < -0.39 is 0 Å². The highest BCUT2D eigenvalue weighted by Crippen LogP contribution is 2.22. The lowest BCUT2D eigenvalue weighted by Crippen LogP contribution is -2.13. The van der Waals surface area contributed by atoms with E-state index in [1.165, 1.54) is 11.6 Å². The molecule has 1 N–H and O–H groups in total. The van der Waals surface area contributed by atoms with Gasteiger partial charge in [0.25, 0.3) is 0 Å². The van der Waals surface area contributed by atoms with Crippen LogP contribution in [0.3, 0.4) is 0 Å². The summed E-state index contributed by atoms with van der Waals surface area (Å²) in [4.78, 5) is 0. The molecular weight excluding hydrogens is 237 g/mol. The van der Waals surface area contributed by atoms with Crippen molar-refractivity contribution in [2.75, 3.05) is 6.54 Å². The summed E-state index contributed by atoms with van der Waals surface area (Å²) in [6.07, 6.45) is 1.14. The van der Waals surface area contributed by atoms with Crippen LogP contribution in [0.25, 0.3) is 11.1 Å². The predicted octanol–water partition coefficient (Wildman–Crippen LogP) is 4.30. The molecule has 2 aromatic rings. The molecule has 0 bridgehead atoms. The standard InChI is InChI=1S/C17H20FN/c1-3-9-19-12-14-5-4-6-15(11-14)16-7-8-17(18)13(2)10-16/h4-8,10-11,19H,3,9,12H2,1-2H3. The van der Waals surface area contributed by atoms with Crippen LogP contribution in [-0.4, -0.2) is 6.54 Å². The highest BCUT2D eigenvalue weighted by atomic mass is 19.1. The first kappa shape index (κ1) is 13.8. The molecule has 2 heteroatoms. The number of hydrogen-bond acceptors (Lipinski definition) is 1. The van der Waals surface area contributed by atoms with Crippen molar-refractivity contribution in [3.8, 4) is 11.1 Å². The number of aryl methyl sites for hydroxylation is 1. The van der Waals surface area contributed by atoms with E-state index in [-0.39, 0.29) is 5.82 Å². The monoisotopic (exact) mass is 257 g/mol. The minimum atomic E-state index is -0.149. The summed E-state index contributed by atoms with van der Waals surface area (Å²) in [5, 5.41) is 3.39. The Kier molecular flexibility index (Phi) is 4.69. The van der Waals surface area contributed by atoms with Gasteiger partial charge in [0.2, 0.25) is 0 Å². The van der Waals surface area contributed by atoms with Gasteiger partial charge in [0.05, 0.1) is 0 Å². The second kappa shape index (κ2) is 6.48. The van der Waals surface area contributed by atoms with E-state index in [0.717, 1.165) is 30.6 Å². The van der Waals surface area contributed by atoms with Crippen LogP contribution >= 0.6 is 0 Å². The number of benzene rings is 2. The summed E-state index contributed by atoms with van der Waals surface area (Å²) < 4.78 is 13.3. The first-order valence-electron chi connectivity index (χ1n) is 6.77. The maximum absolute atomic E-state index is 13.3. The summed E-state index contributed by atoms with van der Waals surface area (Å²) >= 11 is 0. The normalized spacial score (nSPS) is 10.7. The van der Waals surface area contributed by atoms with Gasteiger partial charge in [0.15, 0.2) is 0 Å². The van der Waals surface area contributed by atoms with Crippen molar-refractivity contribution in [2.24, 2.45) is 0 Å². The number of hydrogen-bond donors (Lipinski definition) is 1. The maximum Gasteiger partial charge on any atom is 0.126 e. The van der Waals surface area contributed by atoms with Crippen LogP contribution in [-0.2, 0) is 6.54 Å². The highest BCUT2D eigenvalue weighted by Gasteiger charge is 2.02. The summed E-state index contributed by atoms with van der Waals surface area (Å²) in [6, 6.07) is 13.7. The average Bonchev–Trinajstić information content (AvgIpc) is 2.43. The first-order valence-corrected chi connectivity index (χ1v) is 6.77. The zero-order valence-corrected chi connectivity index (χ0v) is 11.5. The van der Waals surface area contributed by atoms with Gasteiger partial charge in [0.1, 0.15) is 5.82 Å². The van der Waals surface area contributed by atoms with Gasteiger partial charge in [-0.05, 0) is 60.3 Å². The van der Waals surface area contributed by atoms with Gasteiger partial charge in [-0.3, -0.25) is 0 Å². The van der Waals surface area contributed by atoms with Crippen molar-refractivity contribution in [1.29, 1.82) is 0 Å². The summed E-state index contributed by atoms with van der Waals surface area (Å²) in [6.45, 7) is 5.86. The minimum absolute atomic E-state index is 0.149. The van der Waals surface area contributed by atoms with Crippen LogP contribution in [0.4, 0.5) is 4.39 Å². The fraction of sp³-hybridized carbons (Fsp3) is 0.294. The molecular formula is C17H20FN. The Labute approximate surface area is 114 Å². The third-order valence-corrected chi connectivity index (χ3v) is 3.17. The minimum Gasteiger partial charge on any atom is -0.313 e. The molecule has 0 aliphatic rings. The van der Waals surface area contributed by atoms with Gasteiger partial charge in [-0.15, -0.1) is 0 Å². The third kappa shape index (κ3) is 3.65. The molecule has 0 saturated heterocycles. The molecule has 0 fully saturated rings. The molecule has 100 valence electrons. The van der Waals surface area contributed by atoms with Crippen LogP contribution in [0, 0.1) is 12.7 Å². The van der Waals surface area contributed by atoms with Gasteiger partial charge in [-0.2, -0.15) is 0 Å². The number of nitrogens with one attached hydrogen (secondary N) is 1. The third-order valence-electron chi connectivity index (χ3n) is 3.17. The van der Waals surface area contributed by atoms with Crippen molar-refractivity contribution >= 4 is 0 Å². The van der Waals surface area contributed by atoms with E-state index in [2.05, 4.69) is 36.5 Å². The van der Waals surface area contributed by atoms with Crippen LogP contribution in [0.1, 0.15) is 24.5 Å². The van der Waals surface area contributed by atoms with Crippen molar-refractivity contribution < 1.29 is 4.39 Å². The second-order valence-corrected chi connectivity index (χ2v) is 4.84. The van der Waals surface area contributed by atoms with E-state index in [1.807, 2.05) is 12.1 Å². The van der Waals surface area contributed by atoms with E-state index in [9.17, 15) is 4.39 Å². The Morgan fingerprint density at radius 2 is 1.84 bits per heavy atom. The average molecular weight is 257 g/mol. The van der Waals surface area contributed by atoms with Crippen LogP contribution in [0.5, 0.6) is 0 Å². The molecule has 0 heterocycles. The smallest absolute Gasteiger partial charge is 0.126 e. The molecule has 0 radical (unpaired) electrons. The Morgan fingerprint density at radius 3 is 2.58 bits per heavy atom. The fourth-order valence-electron chi connectivity index (χ4n) is 2.09. The molecule has 0 saturated carbocycles. The zero-order chi connectivity index (χ0) is 13.7. The van der Waals surface area contributed by atoms with E-state index in [1.54, 1.807) is 6.92 Å². The lowest BCUT2D eigenvalue weighted by atomic mass is 10.0. The molecule has 2 aromatic carbocycles. The largest absolute Gasteiger partial charge is 0.313 e. The molecule has 0 aliphatic carbocycles. The zero-order valence-electron chi connectivity index (χ0n) is 11.5. The van der Waals surface area contributed by atoms with Gasteiger partial charge in [0, 0.05) is 6.54 Å². The van der Waals surface area contributed by atoms with Gasteiger partial charge < -0.3 is 5.32 Å². The molecule has 0 unspecified atom stereocenters. The molecule has 0 amide bonds. The molecule has 0 atom stereocenters. The van der Waals surface area contributed by atoms with Gasteiger partial charge in [-0.1, -0.05) is 31.2 Å². The predicted molar refractivity (Wildman–Crippen MR) is 78.6 cm³/mol. The maximum atomic E-state index is 13.3. The molecule has 2 rings (SSSR count). The SMILES string of the molecule is CCCNCc1cccc(-c2ccc(F)c(C)c2)c1. The first-order chi connectivity index (χ1) is 9.20. The Morgan fingerprint density at radius 1 is 1.05 bits per heavy atom. The lowest BCUT2D eigenvalue weighted by molar-refractivity contribution is 0.619. The lowest BCUT2D eigenvalue weighted by Gasteiger charge is -2.08. The highest BCUT2D eigenvalue weighted by molar-refractivity contribution is 5.65. The van der Waals surface area contributed by atoms with E-state index in [4.69, 9.17) is 0 Å². The molecule has 0 spiro atoms. The summed E-state index contributed by atoms with van der Waals surface area (Å²) in [7, 11) is 0. The molecule has 19 heavy (non-hydrogen) atoms. The Bertz CT molecular complexity index is 549. The fourth-order valence-corrected chi connectivity index (χ4v) is 2.09. The number of halogens is 1. The molecule has 0 aliphatic heterocycles. The molecule has 1 nitrogen and oxygen atoms in total. The van der Waals surface area contributed by atoms with Crippen molar-refractivity contribution in [3.05, 3.63) is 59.4 Å². The Hall–Kier alpha value is -1.67.